The lowest BCUT2D eigenvalue weighted by atomic mass is 9.82. The van der Waals surface area contributed by atoms with Crippen LogP contribution in [0.25, 0.3) is 0 Å². The van der Waals surface area contributed by atoms with Crippen LogP contribution in [0.1, 0.15) is 55.1 Å². The largest absolute Gasteiger partial charge is 0.316 e. The SMILES string of the molecule is O=C1CCC(c2cccc(C3CCNC3)c2)CC1. The van der Waals surface area contributed by atoms with E-state index in [2.05, 4.69) is 29.6 Å². The molecule has 1 atom stereocenters. The highest BCUT2D eigenvalue weighted by Gasteiger charge is 2.22. The first-order valence-electron chi connectivity index (χ1n) is 7.15. The van der Waals surface area contributed by atoms with Crippen molar-refractivity contribution in [2.24, 2.45) is 0 Å². The van der Waals surface area contributed by atoms with Crippen LogP contribution < -0.4 is 5.32 Å². The highest BCUT2D eigenvalue weighted by Crippen LogP contribution is 2.33. The summed E-state index contributed by atoms with van der Waals surface area (Å²) in [4.78, 5) is 11.3. The van der Waals surface area contributed by atoms with Crippen molar-refractivity contribution in [2.75, 3.05) is 13.1 Å². The van der Waals surface area contributed by atoms with Crippen molar-refractivity contribution >= 4 is 5.78 Å². The van der Waals surface area contributed by atoms with Gasteiger partial charge in [-0.1, -0.05) is 24.3 Å². The molecule has 1 aromatic carbocycles. The number of benzene rings is 1. The van der Waals surface area contributed by atoms with Crippen molar-refractivity contribution in [2.45, 2.75) is 43.9 Å². The Hall–Kier alpha value is -1.15. The van der Waals surface area contributed by atoms with E-state index in [0.29, 0.717) is 17.6 Å². The fraction of sp³-hybridized carbons (Fsp3) is 0.562. The first-order valence-corrected chi connectivity index (χ1v) is 7.15. The topological polar surface area (TPSA) is 29.1 Å². The normalized spacial score (nSPS) is 25.6. The second kappa shape index (κ2) is 5.23. The zero-order chi connectivity index (χ0) is 12.4. The second-order valence-electron chi connectivity index (χ2n) is 5.67. The van der Waals surface area contributed by atoms with E-state index >= 15 is 0 Å². The van der Waals surface area contributed by atoms with E-state index in [-0.39, 0.29) is 0 Å². The Kier molecular flexibility index (Phi) is 3.46. The Morgan fingerprint density at radius 3 is 2.39 bits per heavy atom. The van der Waals surface area contributed by atoms with Gasteiger partial charge in [-0.25, -0.2) is 0 Å². The Labute approximate surface area is 109 Å². The molecule has 1 N–H and O–H groups in total. The Morgan fingerprint density at radius 1 is 1.00 bits per heavy atom. The van der Waals surface area contributed by atoms with E-state index in [1.165, 1.54) is 17.5 Å². The molecule has 1 aliphatic heterocycles. The van der Waals surface area contributed by atoms with Gasteiger partial charge in [0.1, 0.15) is 5.78 Å². The maximum atomic E-state index is 11.3. The number of carbonyl (C=O) groups is 1. The molecule has 2 fully saturated rings. The summed E-state index contributed by atoms with van der Waals surface area (Å²) in [6, 6.07) is 9.08. The fourth-order valence-electron chi connectivity index (χ4n) is 3.28. The Bertz CT molecular complexity index is 424. The number of hydrogen-bond acceptors (Lipinski definition) is 2. The van der Waals surface area contributed by atoms with E-state index in [0.717, 1.165) is 38.8 Å². The van der Waals surface area contributed by atoms with E-state index in [1.54, 1.807) is 0 Å². The summed E-state index contributed by atoms with van der Waals surface area (Å²) in [6.45, 7) is 2.26. The molecule has 1 saturated carbocycles. The van der Waals surface area contributed by atoms with Crippen molar-refractivity contribution in [1.29, 1.82) is 0 Å². The average molecular weight is 243 g/mol. The van der Waals surface area contributed by atoms with Gasteiger partial charge in [0.25, 0.3) is 0 Å². The van der Waals surface area contributed by atoms with Crippen molar-refractivity contribution in [3.05, 3.63) is 35.4 Å². The number of hydrogen-bond donors (Lipinski definition) is 1. The van der Waals surface area contributed by atoms with Crippen LogP contribution in [0.5, 0.6) is 0 Å². The zero-order valence-electron chi connectivity index (χ0n) is 10.8. The monoisotopic (exact) mass is 243 g/mol. The molecule has 1 saturated heterocycles. The molecule has 1 unspecified atom stereocenters. The number of carbonyl (C=O) groups excluding carboxylic acids is 1. The van der Waals surface area contributed by atoms with E-state index < -0.39 is 0 Å². The summed E-state index contributed by atoms with van der Waals surface area (Å²) in [5, 5.41) is 3.43. The van der Waals surface area contributed by atoms with Crippen molar-refractivity contribution in [1.82, 2.24) is 5.32 Å². The molecule has 0 radical (unpaired) electrons. The zero-order valence-corrected chi connectivity index (χ0v) is 10.8. The van der Waals surface area contributed by atoms with Gasteiger partial charge in [0.15, 0.2) is 0 Å². The van der Waals surface area contributed by atoms with Gasteiger partial charge in [-0.3, -0.25) is 4.79 Å². The van der Waals surface area contributed by atoms with Crippen molar-refractivity contribution < 1.29 is 4.79 Å². The van der Waals surface area contributed by atoms with Gasteiger partial charge >= 0.3 is 0 Å². The summed E-state index contributed by atoms with van der Waals surface area (Å²) < 4.78 is 0. The van der Waals surface area contributed by atoms with Gasteiger partial charge in [-0.15, -0.1) is 0 Å². The Morgan fingerprint density at radius 2 is 1.72 bits per heavy atom. The van der Waals surface area contributed by atoms with E-state index in [9.17, 15) is 4.79 Å². The summed E-state index contributed by atoms with van der Waals surface area (Å²) >= 11 is 0. The maximum Gasteiger partial charge on any atom is 0.132 e. The Balaban J connectivity index is 1.75. The van der Waals surface area contributed by atoms with Gasteiger partial charge in [0, 0.05) is 19.4 Å². The number of nitrogens with one attached hydrogen (secondary N) is 1. The minimum Gasteiger partial charge on any atom is -0.316 e. The lowest BCUT2D eigenvalue weighted by molar-refractivity contribution is -0.120. The number of Topliss-reactive ketones (excluding diaryl/α,β-unsaturated/α-hetero) is 1. The lowest BCUT2D eigenvalue weighted by Crippen LogP contribution is -2.13. The van der Waals surface area contributed by atoms with Gasteiger partial charge < -0.3 is 5.32 Å². The molecular weight excluding hydrogens is 222 g/mol. The third kappa shape index (κ3) is 2.49. The van der Waals surface area contributed by atoms with E-state index in [1.807, 2.05) is 0 Å². The molecular formula is C16H21NO. The van der Waals surface area contributed by atoms with Gasteiger partial charge in [-0.2, -0.15) is 0 Å². The molecule has 96 valence electrons. The standard InChI is InChI=1S/C16H21NO/c18-16-6-4-12(5-7-16)13-2-1-3-14(10-13)15-8-9-17-11-15/h1-3,10,12,15,17H,4-9,11H2. The lowest BCUT2D eigenvalue weighted by Gasteiger charge is -2.22. The van der Waals surface area contributed by atoms with Crippen LogP contribution in [0.15, 0.2) is 24.3 Å². The molecule has 0 amide bonds. The molecule has 1 aromatic rings. The fourth-order valence-corrected chi connectivity index (χ4v) is 3.28. The van der Waals surface area contributed by atoms with Crippen molar-refractivity contribution in [3.8, 4) is 0 Å². The van der Waals surface area contributed by atoms with Crippen LogP contribution in [0, 0.1) is 0 Å². The second-order valence-corrected chi connectivity index (χ2v) is 5.67. The van der Waals surface area contributed by atoms with Gasteiger partial charge in [0.2, 0.25) is 0 Å². The third-order valence-corrected chi connectivity index (χ3v) is 4.46. The molecule has 1 heterocycles. The molecule has 0 aromatic heterocycles. The first kappa shape index (κ1) is 11.9. The molecule has 1 aliphatic carbocycles. The molecule has 2 heteroatoms. The number of rotatable bonds is 2. The molecule has 2 aliphatic rings. The molecule has 3 rings (SSSR count). The smallest absolute Gasteiger partial charge is 0.132 e. The highest BCUT2D eigenvalue weighted by atomic mass is 16.1. The molecule has 0 spiro atoms. The van der Waals surface area contributed by atoms with Crippen molar-refractivity contribution in [3.63, 3.8) is 0 Å². The van der Waals surface area contributed by atoms with Gasteiger partial charge in [0.05, 0.1) is 0 Å². The third-order valence-electron chi connectivity index (χ3n) is 4.46. The predicted octanol–water partition coefficient (Wildman–Crippen LogP) is 2.99. The highest BCUT2D eigenvalue weighted by molar-refractivity contribution is 5.79. The summed E-state index contributed by atoms with van der Waals surface area (Å²) in [6.07, 6.45) is 4.91. The van der Waals surface area contributed by atoms with Crippen LogP contribution in [0.2, 0.25) is 0 Å². The van der Waals surface area contributed by atoms with E-state index in [4.69, 9.17) is 0 Å². The van der Waals surface area contributed by atoms with Crippen LogP contribution in [-0.2, 0) is 4.79 Å². The average Bonchev–Trinajstić information content (AvgIpc) is 2.94. The summed E-state index contributed by atoms with van der Waals surface area (Å²) in [5.74, 6) is 1.74. The quantitative estimate of drug-likeness (QED) is 0.865. The minimum atomic E-state index is 0.447. The van der Waals surface area contributed by atoms with Crippen LogP contribution >= 0.6 is 0 Å². The molecule has 0 bridgehead atoms. The minimum absolute atomic E-state index is 0.447. The van der Waals surface area contributed by atoms with Crippen LogP contribution in [0.3, 0.4) is 0 Å². The summed E-state index contributed by atoms with van der Waals surface area (Å²) in [7, 11) is 0. The molecule has 2 nitrogen and oxygen atoms in total. The van der Waals surface area contributed by atoms with Crippen LogP contribution in [-0.4, -0.2) is 18.9 Å². The van der Waals surface area contributed by atoms with Crippen LogP contribution in [0.4, 0.5) is 0 Å². The maximum absolute atomic E-state index is 11.3. The molecule has 18 heavy (non-hydrogen) atoms. The first-order chi connectivity index (χ1) is 8.83. The number of ketones is 1. The predicted molar refractivity (Wildman–Crippen MR) is 72.9 cm³/mol. The summed E-state index contributed by atoms with van der Waals surface area (Å²) in [5.41, 5.74) is 2.93. The van der Waals surface area contributed by atoms with Gasteiger partial charge in [-0.05, 0) is 48.8 Å².